The first-order chi connectivity index (χ1) is 13.0. The zero-order valence-corrected chi connectivity index (χ0v) is 16.2. The lowest BCUT2D eigenvalue weighted by atomic mass is 10.2. The molecule has 0 aromatic heterocycles. The van der Waals surface area contributed by atoms with Crippen LogP contribution in [0.3, 0.4) is 0 Å². The second-order valence-electron chi connectivity index (χ2n) is 6.26. The van der Waals surface area contributed by atoms with E-state index in [9.17, 15) is 26.4 Å². The van der Waals surface area contributed by atoms with E-state index in [4.69, 9.17) is 4.74 Å². The van der Waals surface area contributed by atoms with Crippen molar-refractivity contribution in [1.82, 2.24) is 4.72 Å². The van der Waals surface area contributed by atoms with Crippen LogP contribution in [-0.2, 0) is 14.8 Å². The van der Waals surface area contributed by atoms with Gasteiger partial charge in [-0.25, -0.2) is 26.3 Å². The van der Waals surface area contributed by atoms with Crippen molar-refractivity contribution >= 4 is 21.6 Å². The topological polar surface area (TPSA) is 84.5 Å². The first kappa shape index (κ1) is 21.7. The maximum Gasteiger partial charge on any atom is 0.262 e. The molecule has 0 saturated carbocycles. The molecule has 0 aliphatic carbocycles. The van der Waals surface area contributed by atoms with Crippen molar-refractivity contribution in [3.05, 3.63) is 53.3 Å². The first-order valence-corrected chi connectivity index (χ1v) is 9.68. The van der Waals surface area contributed by atoms with Crippen LogP contribution in [0.25, 0.3) is 0 Å². The van der Waals surface area contributed by atoms with Gasteiger partial charge in [-0.2, -0.15) is 0 Å². The molecule has 1 amide bonds. The average Bonchev–Trinajstić information content (AvgIpc) is 2.60. The number of aryl methyl sites for hydroxylation is 1. The molecular weight excluding hydrogens is 397 g/mol. The van der Waals surface area contributed by atoms with Crippen LogP contribution in [0, 0.1) is 24.4 Å². The van der Waals surface area contributed by atoms with Crippen LogP contribution in [0.4, 0.5) is 18.9 Å². The fraction of sp³-hybridized carbons (Fsp3) is 0.278. The second-order valence-corrected chi connectivity index (χ2v) is 7.98. The molecule has 2 N–H and O–H groups in total. The number of anilines is 1. The van der Waals surface area contributed by atoms with Crippen LogP contribution in [0.5, 0.6) is 5.75 Å². The van der Waals surface area contributed by atoms with E-state index in [0.717, 1.165) is 6.07 Å². The van der Waals surface area contributed by atoms with Gasteiger partial charge in [0.2, 0.25) is 10.0 Å². The molecule has 2 aromatic rings. The van der Waals surface area contributed by atoms with E-state index in [0.29, 0.717) is 11.6 Å². The summed E-state index contributed by atoms with van der Waals surface area (Å²) in [6.07, 6.45) is 0. The van der Waals surface area contributed by atoms with Crippen molar-refractivity contribution < 1.29 is 31.1 Å². The highest BCUT2D eigenvalue weighted by Crippen LogP contribution is 2.23. The highest BCUT2D eigenvalue weighted by atomic mass is 32.2. The van der Waals surface area contributed by atoms with Crippen LogP contribution in [0.1, 0.15) is 19.4 Å². The Kier molecular flexibility index (Phi) is 6.68. The number of rotatable bonds is 7. The summed E-state index contributed by atoms with van der Waals surface area (Å²) in [5.74, 6) is -5.14. The van der Waals surface area contributed by atoms with E-state index in [2.05, 4.69) is 10.0 Å². The number of ether oxygens (including phenoxy) is 1. The number of sulfonamides is 1. The number of amides is 1. The Morgan fingerprint density at radius 1 is 1.11 bits per heavy atom. The van der Waals surface area contributed by atoms with Crippen molar-refractivity contribution in [2.45, 2.75) is 31.7 Å². The molecule has 0 aliphatic heterocycles. The van der Waals surface area contributed by atoms with Gasteiger partial charge in [-0.05, 0) is 56.7 Å². The Morgan fingerprint density at radius 2 is 1.79 bits per heavy atom. The highest BCUT2D eigenvalue weighted by molar-refractivity contribution is 7.89. The molecule has 0 saturated heterocycles. The van der Waals surface area contributed by atoms with E-state index in [1.165, 1.54) is 18.2 Å². The molecule has 2 rings (SSSR count). The molecule has 0 aliphatic rings. The normalized spacial score (nSPS) is 11.5. The quantitative estimate of drug-likeness (QED) is 0.680. The molecule has 0 bridgehead atoms. The Morgan fingerprint density at radius 3 is 2.39 bits per heavy atom. The maximum atomic E-state index is 13.6. The molecule has 0 fully saturated rings. The number of carbonyl (C=O) groups is 1. The molecule has 10 heteroatoms. The Balaban J connectivity index is 2.05. The summed E-state index contributed by atoms with van der Waals surface area (Å²) in [5.41, 5.74) is -0.0659. The Labute approximate surface area is 160 Å². The second kappa shape index (κ2) is 8.61. The fourth-order valence-corrected chi connectivity index (χ4v) is 3.62. The van der Waals surface area contributed by atoms with Crippen LogP contribution >= 0.6 is 0 Å². The van der Waals surface area contributed by atoms with Crippen molar-refractivity contribution in [2.24, 2.45) is 0 Å². The number of nitrogens with one attached hydrogen (secondary N) is 2. The van der Waals surface area contributed by atoms with Gasteiger partial charge in [0.25, 0.3) is 5.91 Å². The first-order valence-electron chi connectivity index (χ1n) is 8.20. The minimum atomic E-state index is -3.68. The van der Waals surface area contributed by atoms with Gasteiger partial charge in [-0.15, -0.1) is 0 Å². The molecule has 0 atom stereocenters. The SMILES string of the molecule is Cc1cc(S(=O)(=O)NC(C)C)ccc1OCC(=O)Nc1ccc(F)c(F)c1F. The molecule has 0 unspecified atom stereocenters. The van der Waals surface area contributed by atoms with E-state index < -0.39 is 45.7 Å². The number of hydrogen-bond acceptors (Lipinski definition) is 4. The molecule has 0 radical (unpaired) electrons. The molecule has 28 heavy (non-hydrogen) atoms. The van der Waals surface area contributed by atoms with Crippen LogP contribution < -0.4 is 14.8 Å². The largest absolute Gasteiger partial charge is 0.483 e. The molecule has 2 aromatic carbocycles. The molecule has 152 valence electrons. The Bertz CT molecular complexity index is 995. The predicted octanol–water partition coefficient (Wildman–Crippen LogP) is 3.12. The summed E-state index contributed by atoms with van der Waals surface area (Å²) in [6, 6.07) is 5.38. The number of benzene rings is 2. The monoisotopic (exact) mass is 416 g/mol. The van der Waals surface area contributed by atoms with Gasteiger partial charge in [-0.3, -0.25) is 4.79 Å². The average molecular weight is 416 g/mol. The fourth-order valence-electron chi connectivity index (χ4n) is 2.28. The van der Waals surface area contributed by atoms with Crippen molar-refractivity contribution in [3.63, 3.8) is 0 Å². The van der Waals surface area contributed by atoms with E-state index in [1.54, 1.807) is 20.8 Å². The third-order valence-electron chi connectivity index (χ3n) is 3.52. The third kappa shape index (κ3) is 5.23. The standard InChI is InChI=1S/C18H19F3N2O4S/c1-10(2)23-28(25,26)12-4-7-15(11(3)8-12)27-9-16(24)22-14-6-5-13(19)17(20)18(14)21/h4-8,10,23H,9H2,1-3H3,(H,22,24). The van der Waals surface area contributed by atoms with Crippen molar-refractivity contribution in [2.75, 3.05) is 11.9 Å². The minimum Gasteiger partial charge on any atom is -0.483 e. The number of hydrogen-bond donors (Lipinski definition) is 2. The van der Waals surface area contributed by atoms with Crippen molar-refractivity contribution in [1.29, 1.82) is 0 Å². The Hall–Kier alpha value is -2.59. The highest BCUT2D eigenvalue weighted by Gasteiger charge is 2.18. The van der Waals surface area contributed by atoms with Gasteiger partial charge >= 0.3 is 0 Å². The maximum absolute atomic E-state index is 13.6. The summed E-state index contributed by atoms with van der Waals surface area (Å²) in [4.78, 5) is 11.9. The summed E-state index contributed by atoms with van der Waals surface area (Å²) in [5, 5.41) is 2.07. The van der Waals surface area contributed by atoms with Gasteiger partial charge in [0.05, 0.1) is 10.6 Å². The van der Waals surface area contributed by atoms with E-state index >= 15 is 0 Å². The summed E-state index contributed by atoms with van der Waals surface area (Å²) < 4.78 is 71.7. The van der Waals surface area contributed by atoms with Gasteiger partial charge in [0, 0.05) is 6.04 Å². The van der Waals surface area contributed by atoms with Gasteiger partial charge in [-0.1, -0.05) is 0 Å². The summed E-state index contributed by atoms with van der Waals surface area (Å²) in [6.45, 7) is 4.43. The lowest BCUT2D eigenvalue weighted by Gasteiger charge is -2.13. The van der Waals surface area contributed by atoms with Crippen LogP contribution in [-0.4, -0.2) is 27.0 Å². The number of halogens is 3. The van der Waals surface area contributed by atoms with Crippen molar-refractivity contribution in [3.8, 4) is 5.75 Å². The summed E-state index contributed by atoms with van der Waals surface area (Å²) in [7, 11) is -3.68. The van der Waals surface area contributed by atoms with E-state index in [-0.39, 0.29) is 16.7 Å². The van der Waals surface area contributed by atoms with Gasteiger partial charge in [0.15, 0.2) is 24.1 Å². The van der Waals surface area contributed by atoms with Crippen LogP contribution in [0.2, 0.25) is 0 Å². The van der Waals surface area contributed by atoms with Crippen LogP contribution in [0.15, 0.2) is 35.2 Å². The molecular formula is C18H19F3N2O4S. The zero-order chi connectivity index (χ0) is 21.1. The minimum absolute atomic E-state index is 0.0411. The smallest absolute Gasteiger partial charge is 0.262 e. The predicted molar refractivity (Wildman–Crippen MR) is 97.1 cm³/mol. The molecule has 0 heterocycles. The third-order valence-corrected chi connectivity index (χ3v) is 5.17. The molecule has 0 spiro atoms. The molecule has 6 nitrogen and oxygen atoms in total. The number of carbonyl (C=O) groups excluding carboxylic acids is 1. The summed E-state index contributed by atoms with van der Waals surface area (Å²) >= 11 is 0. The van der Waals surface area contributed by atoms with Gasteiger partial charge in [0.1, 0.15) is 5.75 Å². The van der Waals surface area contributed by atoms with E-state index in [1.807, 2.05) is 0 Å². The van der Waals surface area contributed by atoms with Gasteiger partial charge < -0.3 is 10.1 Å². The lowest BCUT2D eigenvalue weighted by Crippen LogP contribution is -2.30. The lowest BCUT2D eigenvalue weighted by molar-refractivity contribution is -0.118. The zero-order valence-electron chi connectivity index (χ0n) is 15.3.